The summed E-state index contributed by atoms with van der Waals surface area (Å²) in [5.41, 5.74) is 0. The zero-order valence-corrected chi connectivity index (χ0v) is 8.15. The van der Waals surface area contributed by atoms with E-state index in [9.17, 15) is 0 Å². The van der Waals surface area contributed by atoms with Crippen LogP contribution in [0.15, 0.2) is 48.6 Å². The van der Waals surface area contributed by atoms with Gasteiger partial charge in [-0.25, -0.2) is 0 Å². The molecule has 0 heterocycles. The third-order valence-corrected chi connectivity index (χ3v) is 2.00. The molecule has 0 N–H and O–H groups in total. The fraction of sp³-hybridized carbons (Fsp3) is 0.385. The Labute approximate surface area is 81.4 Å². The van der Waals surface area contributed by atoms with Gasteiger partial charge in [-0.2, -0.15) is 0 Å². The largest absolute Gasteiger partial charge is 0.0882 e. The second-order valence-electron chi connectivity index (χ2n) is 3.20. The molecule has 0 nitrogen and oxygen atoms in total. The highest BCUT2D eigenvalue weighted by atomic mass is 13.9. The first kappa shape index (κ1) is 10.0. The Kier molecular flexibility index (Phi) is 5.87. The van der Waals surface area contributed by atoms with Crippen LogP contribution in [0.1, 0.15) is 32.1 Å². The molecule has 0 bridgehead atoms. The molecule has 0 saturated heterocycles. The third-order valence-electron chi connectivity index (χ3n) is 2.00. The Hall–Kier alpha value is -1.04. The molecule has 0 atom stereocenters. The summed E-state index contributed by atoms with van der Waals surface area (Å²) in [6.45, 7) is 0. The first-order chi connectivity index (χ1) is 6.50. The summed E-state index contributed by atoms with van der Waals surface area (Å²) in [6, 6.07) is 0. The molecule has 0 aromatic rings. The van der Waals surface area contributed by atoms with Crippen molar-refractivity contribution in [3.8, 4) is 0 Å². The van der Waals surface area contributed by atoms with Gasteiger partial charge in [0.2, 0.25) is 0 Å². The molecule has 0 amide bonds. The van der Waals surface area contributed by atoms with Gasteiger partial charge in [0.15, 0.2) is 0 Å². The van der Waals surface area contributed by atoms with Crippen LogP contribution in [-0.4, -0.2) is 0 Å². The zero-order valence-electron chi connectivity index (χ0n) is 8.15. The standard InChI is InChI=1S/C13H18/c1-2-4-6-8-10-12-13-11-9-7-5-3-1/h1-4,7-10H,5-6,11-13H2/b3-1?,4-2?,9-7-,10-8+. The predicted octanol–water partition coefficient (Wildman–Crippen LogP) is 4.18. The van der Waals surface area contributed by atoms with Crippen molar-refractivity contribution in [2.75, 3.05) is 0 Å². The quantitative estimate of drug-likeness (QED) is 0.483. The van der Waals surface area contributed by atoms with Gasteiger partial charge in [0.05, 0.1) is 0 Å². The van der Waals surface area contributed by atoms with Crippen molar-refractivity contribution < 1.29 is 0 Å². The molecule has 13 heavy (non-hydrogen) atoms. The van der Waals surface area contributed by atoms with E-state index in [1.165, 1.54) is 19.3 Å². The summed E-state index contributed by atoms with van der Waals surface area (Å²) < 4.78 is 0. The van der Waals surface area contributed by atoms with E-state index in [2.05, 4.69) is 48.6 Å². The fourth-order valence-electron chi connectivity index (χ4n) is 1.25. The van der Waals surface area contributed by atoms with Gasteiger partial charge in [-0.15, -0.1) is 0 Å². The van der Waals surface area contributed by atoms with E-state index >= 15 is 0 Å². The van der Waals surface area contributed by atoms with Crippen molar-refractivity contribution in [3.63, 3.8) is 0 Å². The van der Waals surface area contributed by atoms with Crippen LogP contribution in [0.3, 0.4) is 0 Å². The Morgan fingerprint density at radius 1 is 0.538 bits per heavy atom. The van der Waals surface area contributed by atoms with Crippen molar-refractivity contribution in [3.05, 3.63) is 48.6 Å². The Balaban J connectivity index is 2.38. The van der Waals surface area contributed by atoms with Crippen LogP contribution in [-0.2, 0) is 0 Å². The molecule has 0 unspecified atom stereocenters. The Morgan fingerprint density at radius 3 is 1.62 bits per heavy atom. The molecule has 1 rings (SSSR count). The fourth-order valence-corrected chi connectivity index (χ4v) is 1.25. The van der Waals surface area contributed by atoms with Crippen molar-refractivity contribution in [1.82, 2.24) is 0 Å². The molecule has 1 aliphatic carbocycles. The van der Waals surface area contributed by atoms with Gasteiger partial charge in [-0.3, -0.25) is 0 Å². The highest BCUT2D eigenvalue weighted by Crippen LogP contribution is 2.01. The second kappa shape index (κ2) is 7.60. The molecule has 0 saturated carbocycles. The van der Waals surface area contributed by atoms with Crippen molar-refractivity contribution in [2.45, 2.75) is 32.1 Å². The van der Waals surface area contributed by atoms with Crippen LogP contribution < -0.4 is 0 Å². The summed E-state index contributed by atoms with van der Waals surface area (Å²) >= 11 is 0. The molecule has 1 aliphatic rings. The SMILES string of the molecule is C1=CC/C=C\CCC/C=C/CC=C1. The summed E-state index contributed by atoms with van der Waals surface area (Å²) in [4.78, 5) is 0. The van der Waals surface area contributed by atoms with Crippen LogP contribution in [0.4, 0.5) is 0 Å². The number of hydrogen-bond donors (Lipinski definition) is 0. The first-order valence-electron chi connectivity index (χ1n) is 5.12. The van der Waals surface area contributed by atoms with Crippen LogP contribution in [0, 0.1) is 0 Å². The van der Waals surface area contributed by atoms with E-state index in [1.54, 1.807) is 0 Å². The second-order valence-corrected chi connectivity index (χ2v) is 3.20. The Bertz CT molecular complexity index is 192. The topological polar surface area (TPSA) is 0 Å². The van der Waals surface area contributed by atoms with E-state index in [0.29, 0.717) is 0 Å². The van der Waals surface area contributed by atoms with E-state index in [-0.39, 0.29) is 0 Å². The summed E-state index contributed by atoms with van der Waals surface area (Å²) in [5.74, 6) is 0. The average molecular weight is 174 g/mol. The van der Waals surface area contributed by atoms with Gasteiger partial charge >= 0.3 is 0 Å². The lowest BCUT2D eigenvalue weighted by Crippen LogP contribution is -1.69. The summed E-state index contributed by atoms with van der Waals surface area (Å²) in [6.07, 6.45) is 23.5. The monoisotopic (exact) mass is 174 g/mol. The first-order valence-corrected chi connectivity index (χ1v) is 5.12. The van der Waals surface area contributed by atoms with Crippen LogP contribution in [0.2, 0.25) is 0 Å². The van der Waals surface area contributed by atoms with Crippen molar-refractivity contribution in [2.24, 2.45) is 0 Å². The molecule has 0 aromatic heterocycles. The number of rotatable bonds is 0. The maximum atomic E-state index is 2.28. The lowest BCUT2D eigenvalue weighted by atomic mass is 10.2. The normalized spacial score (nSPS) is 24.0. The maximum absolute atomic E-state index is 2.28. The van der Waals surface area contributed by atoms with Crippen LogP contribution in [0.25, 0.3) is 0 Å². The molecule has 70 valence electrons. The maximum Gasteiger partial charge on any atom is -0.0166 e. The molecule has 0 aliphatic heterocycles. The number of allylic oxidation sites excluding steroid dienone is 8. The van der Waals surface area contributed by atoms with E-state index in [1.807, 2.05) is 0 Å². The van der Waals surface area contributed by atoms with E-state index < -0.39 is 0 Å². The molecular formula is C13H18. The third kappa shape index (κ3) is 6.15. The van der Waals surface area contributed by atoms with Gasteiger partial charge in [0, 0.05) is 0 Å². The molecule has 0 radical (unpaired) electrons. The molecule has 0 heteroatoms. The highest BCUT2D eigenvalue weighted by Gasteiger charge is 1.80. The van der Waals surface area contributed by atoms with Gasteiger partial charge in [0.1, 0.15) is 0 Å². The summed E-state index contributed by atoms with van der Waals surface area (Å²) in [5, 5.41) is 0. The lowest BCUT2D eigenvalue weighted by Gasteiger charge is -1.89. The van der Waals surface area contributed by atoms with Crippen LogP contribution >= 0.6 is 0 Å². The number of hydrogen-bond acceptors (Lipinski definition) is 0. The molecule has 0 spiro atoms. The lowest BCUT2D eigenvalue weighted by molar-refractivity contribution is 0.864. The van der Waals surface area contributed by atoms with E-state index in [4.69, 9.17) is 0 Å². The van der Waals surface area contributed by atoms with Gasteiger partial charge in [-0.1, -0.05) is 48.6 Å². The molecule has 0 fully saturated rings. The molecule has 0 aromatic carbocycles. The predicted molar refractivity (Wildman–Crippen MR) is 59.6 cm³/mol. The minimum atomic E-state index is 1.07. The Morgan fingerprint density at radius 2 is 1.08 bits per heavy atom. The summed E-state index contributed by atoms with van der Waals surface area (Å²) in [7, 11) is 0. The zero-order chi connectivity index (χ0) is 9.19. The van der Waals surface area contributed by atoms with Crippen LogP contribution in [0.5, 0.6) is 0 Å². The molecular weight excluding hydrogens is 156 g/mol. The van der Waals surface area contributed by atoms with Crippen molar-refractivity contribution in [1.29, 1.82) is 0 Å². The van der Waals surface area contributed by atoms with Gasteiger partial charge < -0.3 is 0 Å². The van der Waals surface area contributed by atoms with E-state index in [0.717, 1.165) is 12.8 Å². The smallest absolute Gasteiger partial charge is 0.0166 e. The van der Waals surface area contributed by atoms with Gasteiger partial charge in [-0.05, 0) is 32.1 Å². The highest BCUT2D eigenvalue weighted by molar-refractivity contribution is 5.07. The van der Waals surface area contributed by atoms with Crippen molar-refractivity contribution >= 4 is 0 Å². The minimum Gasteiger partial charge on any atom is -0.0882 e. The van der Waals surface area contributed by atoms with Gasteiger partial charge in [0.25, 0.3) is 0 Å². The minimum absolute atomic E-state index is 1.07. The average Bonchev–Trinajstić information content (AvgIpc) is 2.18.